The average Bonchev–Trinajstić information content (AvgIpc) is 3.07. The number of hydrogen-bond donors (Lipinski definition) is 2. The molecule has 0 aliphatic carbocycles. The number of benzene rings is 1. The summed E-state index contributed by atoms with van der Waals surface area (Å²) in [6.45, 7) is 3.08. The van der Waals surface area contributed by atoms with Crippen LogP contribution in [0.2, 0.25) is 0 Å². The van der Waals surface area contributed by atoms with E-state index in [4.69, 9.17) is 4.42 Å². The topological polar surface area (TPSA) is 62.1 Å². The Balaban J connectivity index is 2.03. The van der Waals surface area contributed by atoms with Crippen LogP contribution in [0, 0.1) is 13.8 Å². The maximum Gasteiger partial charge on any atom is 0.147 e. The lowest BCUT2D eigenvalue weighted by atomic mass is 10.1. The first-order chi connectivity index (χ1) is 10.1. The monoisotopic (exact) mass is 286 g/mol. The fraction of sp³-hybridized carbons (Fsp3) is 0.188. The van der Waals surface area contributed by atoms with E-state index in [0.29, 0.717) is 22.7 Å². The van der Waals surface area contributed by atoms with Crippen LogP contribution in [0.3, 0.4) is 0 Å². The van der Waals surface area contributed by atoms with Gasteiger partial charge < -0.3 is 9.52 Å². The minimum absolute atomic E-state index is 0.184. The molecule has 0 saturated heterocycles. The van der Waals surface area contributed by atoms with Crippen molar-refractivity contribution in [3.8, 4) is 28.3 Å². The number of nitrogens with one attached hydrogen (secondary N) is 1. The third-order valence-electron chi connectivity index (χ3n) is 3.40. The van der Waals surface area contributed by atoms with Gasteiger partial charge in [0.05, 0.1) is 11.4 Å². The highest BCUT2D eigenvalue weighted by atomic mass is 19.1. The average molecular weight is 286 g/mol. The van der Waals surface area contributed by atoms with Crippen LogP contribution in [0.1, 0.15) is 17.1 Å². The second-order valence-corrected chi connectivity index (χ2v) is 5.00. The Morgan fingerprint density at radius 2 is 2.00 bits per heavy atom. The summed E-state index contributed by atoms with van der Waals surface area (Å²) in [6.07, 6.45) is 0. The molecule has 3 rings (SSSR count). The Hall–Kier alpha value is -2.56. The number of hydrogen-bond acceptors (Lipinski definition) is 3. The lowest BCUT2D eigenvalue weighted by Gasteiger charge is -2.02. The van der Waals surface area contributed by atoms with Gasteiger partial charge in [-0.25, -0.2) is 4.39 Å². The van der Waals surface area contributed by atoms with Gasteiger partial charge in [0, 0.05) is 11.1 Å². The third kappa shape index (κ3) is 2.42. The van der Waals surface area contributed by atoms with Gasteiger partial charge in [-0.15, -0.1) is 0 Å². The Morgan fingerprint density at radius 3 is 2.71 bits per heavy atom. The van der Waals surface area contributed by atoms with Crippen LogP contribution in [0.4, 0.5) is 4.39 Å². The fourth-order valence-corrected chi connectivity index (χ4v) is 2.33. The molecule has 21 heavy (non-hydrogen) atoms. The normalized spacial score (nSPS) is 11.0. The number of nitrogens with zero attached hydrogens (tertiary/aromatic N) is 1. The van der Waals surface area contributed by atoms with Gasteiger partial charge in [-0.3, -0.25) is 5.10 Å². The van der Waals surface area contributed by atoms with Crippen LogP contribution in [0.15, 0.2) is 34.7 Å². The summed E-state index contributed by atoms with van der Waals surface area (Å²) in [6, 6.07) is 8.82. The number of aromatic nitrogens is 2. The van der Waals surface area contributed by atoms with Crippen molar-refractivity contribution in [2.75, 3.05) is 0 Å². The number of phenolic OH excluding ortho intramolecular Hbond substituents is 1. The highest BCUT2D eigenvalue weighted by Crippen LogP contribution is 2.32. The first-order valence-electron chi connectivity index (χ1n) is 6.59. The minimum atomic E-state index is -0.642. The van der Waals surface area contributed by atoms with E-state index in [1.165, 1.54) is 0 Å². The van der Waals surface area contributed by atoms with Gasteiger partial charge >= 0.3 is 0 Å². The number of alkyl halides is 1. The van der Waals surface area contributed by atoms with E-state index in [0.717, 1.165) is 11.1 Å². The predicted octanol–water partition coefficient (Wildman–Crippen LogP) is 4.13. The standard InChI is InChI=1S/C16H15FN2O2/c1-9-3-4-16(20)13(5-9)15-7-14(18-19-15)12-6-11(8-17)21-10(12)2/h3-7,20H,8H2,1-2H3,(H,18,19). The van der Waals surface area contributed by atoms with Crippen LogP contribution < -0.4 is 0 Å². The molecule has 108 valence electrons. The summed E-state index contributed by atoms with van der Waals surface area (Å²) >= 11 is 0. The van der Waals surface area contributed by atoms with Gasteiger partial charge in [0.2, 0.25) is 0 Å². The lowest BCUT2D eigenvalue weighted by molar-refractivity contribution is 0.384. The third-order valence-corrected chi connectivity index (χ3v) is 3.40. The Morgan fingerprint density at radius 1 is 1.19 bits per heavy atom. The molecular formula is C16H15FN2O2. The first-order valence-corrected chi connectivity index (χ1v) is 6.59. The molecule has 0 amide bonds. The van der Waals surface area contributed by atoms with E-state index in [-0.39, 0.29) is 11.5 Å². The molecule has 2 aromatic heterocycles. The fourth-order valence-electron chi connectivity index (χ4n) is 2.33. The van der Waals surface area contributed by atoms with Gasteiger partial charge in [0.25, 0.3) is 0 Å². The summed E-state index contributed by atoms with van der Waals surface area (Å²) in [5.74, 6) is 1.09. The maximum absolute atomic E-state index is 12.6. The summed E-state index contributed by atoms with van der Waals surface area (Å²) in [5, 5.41) is 17.1. The molecule has 4 nitrogen and oxygen atoms in total. The number of aryl methyl sites for hydroxylation is 2. The highest BCUT2D eigenvalue weighted by molar-refractivity contribution is 5.73. The van der Waals surface area contributed by atoms with Crippen LogP contribution >= 0.6 is 0 Å². The molecule has 1 aromatic carbocycles. The maximum atomic E-state index is 12.6. The summed E-state index contributed by atoms with van der Waals surface area (Å²) in [4.78, 5) is 0. The number of aromatic hydroxyl groups is 1. The summed E-state index contributed by atoms with van der Waals surface area (Å²) in [5.41, 5.74) is 3.83. The SMILES string of the molecule is Cc1ccc(O)c(-c2cc(-c3cc(CF)oc3C)n[nH]2)c1. The van der Waals surface area contributed by atoms with Crippen LogP contribution in [-0.4, -0.2) is 15.3 Å². The minimum Gasteiger partial charge on any atom is -0.507 e. The Bertz CT molecular complexity index is 789. The second kappa shape index (κ2) is 5.09. The number of phenols is 1. The quantitative estimate of drug-likeness (QED) is 0.761. The van der Waals surface area contributed by atoms with E-state index >= 15 is 0 Å². The van der Waals surface area contributed by atoms with E-state index < -0.39 is 6.67 Å². The van der Waals surface area contributed by atoms with Crippen molar-refractivity contribution >= 4 is 0 Å². The van der Waals surface area contributed by atoms with Crippen LogP contribution in [0.25, 0.3) is 22.5 Å². The number of H-pyrrole nitrogens is 1. The van der Waals surface area contributed by atoms with E-state index in [2.05, 4.69) is 10.2 Å². The number of rotatable bonds is 3. The predicted molar refractivity (Wildman–Crippen MR) is 77.7 cm³/mol. The zero-order valence-electron chi connectivity index (χ0n) is 11.8. The Kier molecular flexibility index (Phi) is 3.25. The van der Waals surface area contributed by atoms with E-state index in [9.17, 15) is 9.50 Å². The van der Waals surface area contributed by atoms with Gasteiger partial charge in [-0.05, 0) is 38.1 Å². The zero-order valence-corrected chi connectivity index (χ0v) is 11.8. The number of aromatic amines is 1. The van der Waals surface area contributed by atoms with Crippen molar-refractivity contribution in [2.24, 2.45) is 0 Å². The van der Waals surface area contributed by atoms with Crippen LogP contribution in [0.5, 0.6) is 5.75 Å². The van der Waals surface area contributed by atoms with Crippen molar-refractivity contribution in [2.45, 2.75) is 20.5 Å². The molecule has 0 spiro atoms. The van der Waals surface area contributed by atoms with E-state index in [1.807, 2.05) is 25.1 Å². The van der Waals surface area contributed by atoms with Crippen molar-refractivity contribution in [1.82, 2.24) is 10.2 Å². The molecule has 3 aromatic rings. The van der Waals surface area contributed by atoms with Crippen molar-refractivity contribution in [1.29, 1.82) is 0 Å². The molecule has 0 aliphatic heterocycles. The van der Waals surface area contributed by atoms with Crippen molar-refractivity contribution < 1.29 is 13.9 Å². The van der Waals surface area contributed by atoms with Crippen LogP contribution in [-0.2, 0) is 6.67 Å². The van der Waals surface area contributed by atoms with Crippen molar-refractivity contribution in [3.05, 3.63) is 47.4 Å². The van der Waals surface area contributed by atoms with Gasteiger partial charge in [-0.1, -0.05) is 11.6 Å². The molecule has 2 heterocycles. The highest BCUT2D eigenvalue weighted by Gasteiger charge is 2.14. The second-order valence-electron chi connectivity index (χ2n) is 5.00. The molecule has 0 unspecified atom stereocenters. The smallest absolute Gasteiger partial charge is 0.147 e. The van der Waals surface area contributed by atoms with Gasteiger partial charge in [0.1, 0.15) is 23.9 Å². The summed E-state index contributed by atoms with van der Waals surface area (Å²) < 4.78 is 17.9. The summed E-state index contributed by atoms with van der Waals surface area (Å²) in [7, 11) is 0. The molecular weight excluding hydrogens is 271 g/mol. The molecule has 2 N–H and O–H groups in total. The molecule has 0 bridgehead atoms. The molecule has 0 atom stereocenters. The van der Waals surface area contributed by atoms with E-state index in [1.54, 1.807) is 19.1 Å². The number of halogens is 1. The molecule has 0 aliphatic rings. The molecule has 0 saturated carbocycles. The Labute approximate surface area is 121 Å². The first kappa shape index (κ1) is 13.4. The van der Waals surface area contributed by atoms with Crippen molar-refractivity contribution in [3.63, 3.8) is 0 Å². The molecule has 0 radical (unpaired) electrons. The van der Waals surface area contributed by atoms with Gasteiger partial charge in [0.15, 0.2) is 0 Å². The number of furan rings is 1. The molecule has 5 heteroatoms. The lowest BCUT2D eigenvalue weighted by Crippen LogP contribution is -1.81. The zero-order chi connectivity index (χ0) is 15.0. The van der Waals surface area contributed by atoms with Gasteiger partial charge in [-0.2, -0.15) is 5.10 Å². The largest absolute Gasteiger partial charge is 0.507 e. The molecule has 0 fully saturated rings.